The molecule has 0 aliphatic rings. The highest BCUT2D eigenvalue weighted by molar-refractivity contribution is 5.78. The number of nitrogens with zero attached hydrogens (tertiary/aromatic N) is 2. The van der Waals surface area contributed by atoms with Gasteiger partial charge in [0.15, 0.2) is 0 Å². The van der Waals surface area contributed by atoms with Crippen LogP contribution in [0.5, 0.6) is 0 Å². The summed E-state index contributed by atoms with van der Waals surface area (Å²) in [5.74, 6) is -0.786. The van der Waals surface area contributed by atoms with Crippen molar-refractivity contribution in [2.75, 3.05) is 19.6 Å². The Bertz CT molecular complexity index is 458. The Hall–Kier alpha value is -2.50. The van der Waals surface area contributed by atoms with E-state index in [0.717, 1.165) is 24.9 Å². The molecule has 1 aromatic rings. The molecule has 7 nitrogen and oxygen atoms in total. The first-order chi connectivity index (χ1) is 11.1. The van der Waals surface area contributed by atoms with Crippen LogP contribution in [0.15, 0.2) is 40.5 Å². The van der Waals surface area contributed by atoms with E-state index in [1.807, 2.05) is 30.3 Å². The SMILES string of the molecule is CCCCNCC(=O)O.CCN=C=O.ON=Cc1ccccc1. The van der Waals surface area contributed by atoms with E-state index in [0.29, 0.717) is 6.54 Å². The fraction of sp³-hybridized carbons (Fsp3) is 0.438. The van der Waals surface area contributed by atoms with E-state index >= 15 is 0 Å². The van der Waals surface area contributed by atoms with E-state index in [4.69, 9.17) is 15.1 Å². The van der Waals surface area contributed by atoms with Crippen LogP contribution in [0.3, 0.4) is 0 Å². The number of carboxylic acid groups (broad SMARTS) is 1. The lowest BCUT2D eigenvalue weighted by Gasteiger charge is -1.96. The second kappa shape index (κ2) is 19.5. The van der Waals surface area contributed by atoms with Gasteiger partial charge in [0.1, 0.15) is 0 Å². The van der Waals surface area contributed by atoms with Crippen LogP contribution in [0.4, 0.5) is 0 Å². The number of benzene rings is 1. The molecule has 3 N–H and O–H groups in total. The Morgan fingerprint density at radius 1 is 1.30 bits per heavy atom. The maximum absolute atomic E-state index is 9.90. The van der Waals surface area contributed by atoms with E-state index in [-0.39, 0.29) is 6.54 Å². The summed E-state index contributed by atoms with van der Waals surface area (Å²) in [5, 5.41) is 21.9. The summed E-state index contributed by atoms with van der Waals surface area (Å²) >= 11 is 0. The molecule has 23 heavy (non-hydrogen) atoms. The van der Waals surface area contributed by atoms with Crippen molar-refractivity contribution >= 4 is 18.3 Å². The first kappa shape index (κ1) is 22.8. The van der Waals surface area contributed by atoms with Crippen LogP contribution in [-0.4, -0.2) is 48.2 Å². The molecule has 1 aromatic carbocycles. The lowest BCUT2D eigenvalue weighted by Crippen LogP contribution is -2.23. The molecule has 0 radical (unpaired) electrons. The normalized spacial score (nSPS) is 8.96. The van der Waals surface area contributed by atoms with Gasteiger partial charge in [0, 0.05) is 6.54 Å². The number of carbonyl (C=O) groups is 1. The summed E-state index contributed by atoms with van der Waals surface area (Å²) in [6.45, 7) is 5.29. The summed E-state index contributed by atoms with van der Waals surface area (Å²) in [5.41, 5.74) is 0.903. The Morgan fingerprint density at radius 3 is 2.35 bits per heavy atom. The molecule has 0 aliphatic heterocycles. The molecule has 0 saturated carbocycles. The van der Waals surface area contributed by atoms with Crippen LogP contribution in [0, 0.1) is 0 Å². The molecule has 0 aromatic heterocycles. The van der Waals surface area contributed by atoms with Crippen molar-refractivity contribution in [3.63, 3.8) is 0 Å². The number of carboxylic acids is 1. The van der Waals surface area contributed by atoms with Crippen LogP contribution in [0.25, 0.3) is 0 Å². The van der Waals surface area contributed by atoms with Gasteiger partial charge in [-0.2, -0.15) is 0 Å². The molecule has 0 saturated heterocycles. The van der Waals surface area contributed by atoms with Gasteiger partial charge in [-0.3, -0.25) is 4.79 Å². The molecule has 1 rings (SSSR count). The van der Waals surface area contributed by atoms with E-state index in [1.54, 1.807) is 6.92 Å². The molecular formula is C16H25N3O4. The van der Waals surface area contributed by atoms with Crippen molar-refractivity contribution in [2.24, 2.45) is 10.1 Å². The molecule has 0 atom stereocenters. The zero-order valence-electron chi connectivity index (χ0n) is 13.6. The number of nitrogens with one attached hydrogen (secondary N) is 1. The maximum Gasteiger partial charge on any atom is 0.317 e. The van der Waals surface area contributed by atoms with Gasteiger partial charge in [-0.05, 0) is 25.5 Å². The van der Waals surface area contributed by atoms with Gasteiger partial charge in [0.2, 0.25) is 6.08 Å². The van der Waals surface area contributed by atoms with E-state index in [9.17, 15) is 4.79 Å². The van der Waals surface area contributed by atoms with Crippen molar-refractivity contribution in [1.29, 1.82) is 0 Å². The van der Waals surface area contributed by atoms with Gasteiger partial charge in [-0.25, -0.2) is 9.79 Å². The molecule has 0 spiro atoms. The maximum atomic E-state index is 9.90. The van der Waals surface area contributed by atoms with Crippen molar-refractivity contribution in [2.45, 2.75) is 26.7 Å². The Labute approximate surface area is 136 Å². The number of isocyanates is 1. The quantitative estimate of drug-likeness (QED) is 0.234. The molecule has 0 amide bonds. The van der Waals surface area contributed by atoms with Gasteiger partial charge in [0.05, 0.1) is 12.8 Å². The van der Waals surface area contributed by atoms with E-state index < -0.39 is 5.97 Å². The molecular weight excluding hydrogens is 298 g/mol. The number of hydrogen-bond donors (Lipinski definition) is 3. The Morgan fingerprint density at radius 2 is 1.96 bits per heavy atom. The van der Waals surface area contributed by atoms with E-state index in [2.05, 4.69) is 22.4 Å². The van der Waals surface area contributed by atoms with Gasteiger partial charge in [-0.1, -0.05) is 48.8 Å². The highest BCUT2D eigenvalue weighted by atomic mass is 16.4. The molecule has 0 aliphatic carbocycles. The topological polar surface area (TPSA) is 111 Å². The average Bonchev–Trinajstić information content (AvgIpc) is 2.55. The summed E-state index contributed by atoms with van der Waals surface area (Å²) in [7, 11) is 0. The summed E-state index contributed by atoms with van der Waals surface area (Å²) < 4.78 is 0. The minimum Gasteiger partial charge on any atom is -0.480 e. The Balaban J connectivity index is 0. The zero-order valence-corrected chi connectivity index (χ0v) is 13.6. The minimum atomic E-state index is -0.786. The summed E-state index contributed by atoms with van der Waals surface area (Å²) in [6, 6.07) is 9.40. The number of unbranched alkanes of at least 4 members (excludes halogenated alkanes) is 1. The van der Waals surface area contributed by atoms with Gasteiger partial charge >= 0.3 is 5.97 Å². The number of carbonyl (C=O) groups excluding carboxylic acids is 1. The predicted molar refractivity (Wildman–Crippen MR) is 89.9 cm³/mol. The highest BCUT2D eigenvalue weighted by Crippen LogP contribution is 1.92. The third-order valence-electron chi connectivity index (χ3n) is 2.21. The van der Waals surface area contributed by atoms with Gasteiger partial charge in [-0.15, -0.1) is 0 Å². The third-order valence-corrected chi connectivity index (χ3v) is 2.21. The highest BCUT2D eigenvalue weighted by Gasteiger charge is 1.91. The molecule has 0 fully saturated rings. The number of rotatable bonds is 7. The number of oxime groups is 1. The molecule has 0 bridgehead atoms. The fourth-order valence-corrected chi connectivity index (χ4v) is 1.17. The van der Waals surface area contributed by atoms with Gasteiger partial charge < -0.3 is 15.6 Å². The number of hydrogen-bond acceptors (Lipinski definition) is 6. The standard InChI is InChI=1S/C7H7NO.C6H13NO2.C3H5NO/c9-8-6-7-4-2-1-3-5-7;1-2-3-4-7-5-6(8)9;1-2-4-3-5/h1-6,9H;7H,2-5H2,1H3,(H,8,9);2H2,1H3. The van der Waals surface area contributed by atoms with E-state index in [1.165, 1.54) is 12.3 Å². The van der Waals surface area contributed by atoms with Crippen molar-refractivity contribution < 1.29 is 19.9 Å². The second-order valence-corrected chi connectivity index (χ2v) is 4.14. The van der Waals surface area contributed by atoms with Crippen LogP contribution >= 0.6 is 0 Å². The van der Waals surface area contributed by atoms with Crippen molar-refractivity contribution in [1.82, 2.24) is 5.32 Å². The second-order valence-electron chi connectivity index (χ2n) is 4.14. The van der Waals surface area contributed by atoms with Crippen LogP contribution in [0.1, 0.15) is 32.3 Å². The monoisotopic (exact) mass is 323 g/mol. The minimum absolute atomic E-state index is 0.0833. The van der Waals surface area contributed by atoms with Crippen LogP contribution < -0.4 is 5.32 Å². The fourth-order valence-electron chi connectivity index (χ4n) is 1.17. The van der Waals surface area contributed by atoms with Crippen molar-refractivity contribution in [3.8, 4) is 0 Å². The predicted octanol–water partition coefficient (Wildman–Crippen LogP) is 2.30. The molecule has 0 unspecified atom stereocenters. The molecule has 7 heteroatoms. The summed E-state index contributed by atoms with van der Waals surface area (Å²) in [4.78, 5) is 22.2. The molecule has 0 heterocycles. The van der Waals surface area contributed by atoms with Crippen LogP contribution in [-0.2, 0) is 9.59 Å². The number of aliphatic carboxylic acids is 1. The smallest absolute Gasteiger partial charge is 0.317 e. The number of aliphatic imine (C=N–C) groups is 1. The largest absolute Gasteiger partial charge is 0.480 e. The van der Waals surface area contributed by atoms with Crippen LogP contribution in [0.2, 0.25) is 0 Å². The Kier molecular flexibility index (Phi) is 19.3. The average molecular weight is 323 g/mol. The lowest BCUT2D eigenvalue weighted by molar-refractivity contribution is -0.135. The molecule has 128 valence electrons. The summed E-state index contributed by atoms with van der Waals surface area (Å²) in [6.07, 6.45) is 4.93. The van der Waals surface area contributed by atoms with Gasteiger partial charge in [0.25, 0.3) is 0 Å². The zero-order chi connectivity index (χ0) is 17.8. The lowest BCUT2D eigenvalue weighted by atomic mass is 10.2. The first-order valence-electron chi connectivity index (χ1n) is 7.30. The first-order valence-corrected chi connectivity index (χ1v) is 7.30. The third kappa shape index (κ3) is 21.9. The van der Waals surface area contributed by atoms with Crippen molar-refractivity contribution in [3.05, 3.63) is 35.9 Å².